The second-order valence-electron chi connectivity index (χ2n) is 5.49. The molecule has 2 aromatic carbocycles. The summed E-state index contributed by atoms with van der Waals surface area (Å²) >= 11 is 2.06. The molecule has 5 nitrogen and oxygen atoms in total. The van der Waals surface area contributed by atoms with Gasteiger partial charge in [0.1, 0.15) is 0 Å². The molecular formula is C17H20IN3O2S. The lowest BCUT2D eigenvalue weighted by molar-refractivity contribution is -0.123. The van der Waals surface area contributed by atoms with Crippen molar-refractivity contribution in [1.29, 1.82) is 0 Å². The van der Waals surface area contributed by atoms with Gasteiger partial charge in [-0.05, 0) is 32.4 Å². The molecule has 0 saturated heterocycles. The van der Waals surface area contributed by atoms with Crippen molar-refractivity contribution in [3.8, 4) is 0 Å². The number of nitrogens with one attached hydrogen (secondary N) is 3. The SMILES string of the molecule is CC(CC(=O)NCc1cccc2ccccc12)NC(=O)CNSI. The number of hydrogen-bond donors (Lipinski definition) is 3. The van der Waals surface area contributed by atoms with Crippen LogP contribution in [-0.4, -0.2) is 24.4 Å². The minimum Gasteiger partial charge on any atom is -0.352 e. The molecule has 1 atom stereocenters. The lowest BCUT2D eigenvalue weighted by Crippen LogP contribution is -2.40. The highest BCUT2D eigenvalue weighted by atomic mass is 127. The van der Waals surface area contributed by atoms with Crippen molar-refractivity contribution in [3.05, 3.63) is 48.0 Å². The van der Waals surface area contributed by atoms with E-state index in [4.69, 9.17) is 0 Å². The third kappa shape index (κ3) is 5.95. The molecule has 2 aromatic rings. The molecule has 0 saturated carbocycles. The topological polar surface area (TPSA) is 70.2 Å². The zero-order valence-electron chi connectivity index (χ0n) is 13.3. The van der Waals surface area contributed by atoms with Gasteiger partial charge in [-0.25, -0.2) is 4.72 Å². The number of benzene rings is 2. The standard InChI is InChI=1S/C17H20IN3O2S/c1-12(21-17(23)11-20-24-18)9-16(22)19-10-14-7-4-6-13-5-2-3-8-15(13)14/h2-8,12,20H,9-11H2,1H3,(H,19,22)(H,21,23). The molecule has 0 aromatic heterocycles. The lowest BCUT2D eigenvalue weighted by Gasteiger charge is -2.14. The second-order valence-corrected chi connectivity index (χ2v) is 7.25. The maximum absolute atomic E-state index is 12.1. The third-order valence-electron chi connectivity index (χ3n) is 3.54. The van der Waals surface area contributed by atoms with Crippen molar-refractivity contribution in [2.24, 2.45) is 0 Å². The Bertz CT molecular complexity index is 706. The molecule has 1 unspecified atom stereocenters. The van der Waals surface area contributed by atoms with Crippen molar-refractivity contribution >= 4 is 52.9 Å². The molecule has 0 aliphatic rings. The van der Waals surface area contributed by atoms with Gasteiger partial charge in [0, 0.05) is 40.2 Å². The van der Waals surface area contributed by atoms with E-state index in [9.17, 15) is 9.59 Å². The molecular weight excluding hydrogens is 437 g/mol. The van der Waals surface area contributed by atoms with E-state index in [1.54, 1.807) is 0 Å². The van der Waals surface area contributed by atoms with Gasteiger partial charge < -0.3 is 10.6 Å². The zero-order chi connectivity index (χ0) is 17.4. The molecule has 0 fully saturated rings. The van der Waals surface area contributed by atoms with Crippen LogP contribution in [0.3, 0.4) is 0 Å². The summed E-state index contributed by atoms with van der Waals surface area (Å²) in [5.41, 5.74) is 1.08. The molecule has 24 heavy (non-hydrogen) atoms. The quantitative estimate of drug-likeness (QED) is 0.421. The van der Waals surface area contributed by atoms with E-state index in [-0.39, 0.29) is 30.8 Å². The molecule has 128 valence electrons. The van der Waals surface area contributed by atoms with Crippen molar-refractivity contribution in [2.45, 2.75) is 25.9 Å². The predicted octanol–water partition coefficient (Wildman–Crippen LogP) is 2.94. The Balaban J connectivity index is 1.83. The van der Waals surface area contributed by atoms with Crippen LogP contribution in [-0.2, 0) is 16.1 Å². The molecule has 0 radical (unpaired) electrons. The Morgan fingerprint density at radius 3 is 2.67 bits per heavy atom. The van der Waals surface area contributed by atoms with Crippen LogP contribution in [0.1, 0.15) is 18.9 Å². The van der Waals surface area contributed by atoms with Crippen LogP contribution in [0.25, 0.3) is 10.8 Å². The van der Waals surface area contributed by atoms with Gasteiger partial charge in [-0.2, -0.15) is 0 Å². The largest absolute Gasteiger partial charge is 0.352 e. The smallest absolute Gasteiger partial charge is 0.235 e. The third-order valence-corrected chi connectivity index (χ3v) is 4.73. The molecule has 0 spiro atoms. The summed E-state index contributed by atoms with van der Waals surface area (Å²) in [4.78, 5) is 23.7. The molecule has 0 bridgehead atoms. The van der Waals surface area contributed by atoms with Crippen LogP contribution in [0.4, 0.5) is 0 Å². The Kier molecular flexibility index (Phi) is 7.80. The average Bonchev–Trinajstić information content (AvgIpc) is 2.58. The summed E-state index contributed by atoms with van der Waals surface area (Å²) in [5, 5.41) is 8.02. The monoisotopic (exact) mass is 457 g/mol. The number of halogens is 1. The fourth-order valence-electron chi connectivity index (χ4n) is 2.46. The van der Waals surface area contributed by atoms with Crippen LogP contribution in [0.2, 0.25) is 0 Å². The minimum absolute atomic E-state index is 0.0769. The number of fused-ring (bicyclic) bond motifs is 1. The molecule has 2 amide bonds. The number of hydrogen-bond acceptors (Lipinski definition) is 4. The van der Waals surface area contributed by atoms with Gasteiger partial charge >= 0.3 is 0 Å². The van der Waals surface area contributed by atoms with E-state index < -0.39 is 0 Å². The Morgan fingerprint density at radius 2 is 1.88 bits per heavy atom. The van der Waals surface area contributed by atoms with Gasteiger partial charge in [-0.15, -0.1) is 0 Å². The molecule has 0 heterocycles. The van der Waals surface area contributed by atoms with E-state index in [1.807, 2.05) is 31.2 Å². The van der Waals surface area contributed by atoms with E-state index in [0.29, 0.717) is 6.54 Å². The van der Waals surface area contributed by atoms with Gasteiger partial charge in [0.25, 0.3) is 0 Å². The van der Waals surface area contributed by atoms with Crippen LogP contribution in [0, 0.1) is 0 Å². The first-order valence-electron chi connectivity index (χ1n) is 7.63. The zero-order valence-corrected chi connectivity index (χ0v) is 16.3. The molecule has 3 N–H and O–H groups in total. The van der Waals surface area contributed by atoms with E-state index in [2.05, 4.69) is 54.8 Å². The summed E-state index contributed by atoms with van der Waals surface area (Å²) in [5.74, 6) is -0.194. The van der Waals surface area contributed by atoms with E-state index in [0.717, 1.165) is 16.3 Å². The van der Waals surface area contributed by atoms with Crippen LogP contribution >= 0.6 is 30.3 Å². The highest BCUT2D eigenvalue weighted by molar-refractivity contribution is 14.2. The van der Waals surface area contributed by atoms with Crippen molar-refractivity contribution in [3.63, 3.8) is 0 Å². The highest BCUT2D eigenvalue weighted by Gasteiger charge is 2.12. The molecule has 7 heteroatoms. The summed E-state index contributed by atoms with van der Waals surface area (Å²) in [7, 11) is 1.36. The van der Waals surface area contributed by atoms with Crippen LogP contribution in [0.5, 0.6) is 0 Å². The number of rotatable bonds is 8. The fraction of sp³-hybridized carbons (Fsp3) is 0.294. The Labute approximate surface area is 158 Å². The van der Waals surface area contributed by atoms with Crippen molar-refractivity contribution in [1.82, 2.24) is 15.4 Å². The fourth-order valence-corrected chi connectivity index (χ4v) is 3.11. The van der Waals surface area contributed by atoms with Crippen molar-refractivity contribution < 1.29 is 9.59 Å². The lowest BCUT2D eigenvalue weighted by atomic mass is 10.0. The maximum atomic E-state index is 12.1. The van der Waals surface area contributed by atoms with Gasteiger partial charge in [-0.3, -0.25) is 9.59 Å². The molecule has 2 rings (SSSR count). The number of carbonyl (C=O) groups is 2. The van der Waals surface area contributed by atoms with Crippen LogP contribution in [0.15, 0.2) is 42.5 Å². The number of carbonyl (C=O) groups excluding carboxylic acids is 2. The van der Waals surface area contributed by atoms with Gasteiger partial charge in [0.15, 0.2) is 0 Å². The Hall–Kier alpha value is -1.32. The van der Waals surface area contributed by atoms with Gasteiger partial charge in [0.05, 0.1) is 6.54 Å². The van der Waals surface area contributed by atoms with Crippen molar-refractivity contribution in [2.75, 3.05) is 6.54 Å². The first-order chi connectivity index (χ1) is 11.6. The summed E-state index contributed by atoms with van der Waals surface area (Å²) < 4.78 is 2.86. The first-order valence-corrected chi connectivity index (χ1v) is 11.0. The first kappa shape index (κ1) is 19.0. The van der Waals surface area contributed by atoms with Gasteiger partial charge in [0.2, 0.25) is 11.8 Å². The predicted molar refractivity (Wildman–Crippen MR) is 108 cm³/mol. The maximum Gasteiger partial charge on any atom is 0.235 e. The van der Waals surface area contributed by atoms with Gasteiger partial charge in [-0.1, -0.05) is 42.5 Å². The average molecular weight is 457 g/mol. The minimum atomic E-state index is -0.203. The van der Waals surface area contributed by atoms with Crippen LogP contribution < -0.4 is 15.4 Å². The molecule has 0 aliphatic heterocycles. The summed E-state index contributed by atoms with van der Waals surface area (Å²) in [6, 6.07) is 14.0. The number of amides is 2. The van der Waals surface area contributed by atoms with E-state index in [1.165, 1.54) is 9.12 Å². The Morgan fingerprint density at radius 1 is 1.12 bits per heavy atom. The summed E-state index contributed by atoms with van der Waals surface area (Å²) in [6.07, 6.45) is 0.258. The summed E-state index contributed by atoms with van der Waals surface area (Å²) in [6.45, 7) is 2.54. The second kappa shape index (κ2) is 9.85. The highest BCUT2D eigenvalue weighted by Crippen LogP contribution is 2.18. The normalized spacial score (nSPS) is 11.9. The molecule has 0 aliphatic carbocycles. The van der Waals surface area contributed by atoms with E-state index >= 15 is 0 Å².